The highest BCUT2D eigenvalue weighted by Crippen LogP contribution is 2.26. The van der Waals surface area contributed by atoms with Crippen LogP contribution in [-0.2, 0) is 16.6 Å². The molecule has 1 N–H and O–H groups in total. The average Bonchev–Trinajstić information content (AvgIpc) is 2.87. The van der Waals surface area contributed by atoms with Crippen molar-refractivity contribution in [2.45, 2.75) is 32.6 Å². The third-order valence-electron chi connectivity index (χ3n) is 2.43. The van der Waals surface area contributed by atoms with E-state index in [9.17, 15) is 4.79 Å². The van der Waals surface area contributed by atoms with Crippen molar-refractivity contribution in [3.8, 4) is 0 Å². The van der Waals surface area contributed by atoms with Crippen molar-refractivity contribution in [2.75, 3.05) is 5.32 Å². The van der Waals surface area contributed by atoms with Crippen LogP contribution in [0.25, 0.3) is 0 Å². The minimum atomic E-state index is -0.111. The number of carbonyl (C=O) groups excluding carboxylic acids is 1. The van der Waals surface area contributed by atoms with Crippen molar-refractivity contribution in [1.29, 1.82) is 0 Å². The third kappa shape index (κ3) is 3.20. The van der Waals surface area contributed by atoms with Crippen LogP contribution in [0.2, 0.25) is 0 Å². The highest BCUT2D eigenvalue weighted by atomic mass is 32.1. The molecule has 0 aliphatic rings. The van der Waals surface area contributed by atoms with E-state index in [1.807, 2.05) is 5.38 Å². The molecule has 0 bridgehead atoms. The first-order valence-corrected chi connectivity index (χ1v) is 6.61. The van der Waals surface area contributed by atoms with Crippen molar-refractivity contribution < 1.29 is 9.21 Å². The summed E-state index contributed by atoms with van der Waals surface area (Å²) in [6.07, 6.45) is 1.79. The molecule has 4 nitrogen and oxygen atoms in total. The fourth-order valence-electron chi connectivity index (χ4n) is 1.41. The molecule has 2 rings (SSSR count). The number of anilines is 1. The lowest BCUT2D eigenvalue weighted by Gasteiger charge is -2.14. The van der Waals surface area contributed by atoms with Crippen molar-refractivity contribution in [2.24, 2.45) is 0 Å². The Hall–Kier alpha value is -1.62. The molecule has 0 radical (unpaired) electrons. The fraction of sp³-hybridized carbons (Fsp3) is 0.385. The first-order chi connectivity index (χ1) is 8.45. The predicted octanol–water partition coefficient (Wildman–Crippen LogP) is 3.21. The summed E-state index contributed by atoms with van der Waals surface area (Å²) in [5.74, 6) is 0.542. The van der Waals surface area contributed by atoms with E-state index in [4.69, 9.17) is 4.42 Å². The maximum Gasteiger partial charge on any atom is 0.233 e. The van der Waals surface area contributed by atoms with Gasteiger partial charge in [0.15, 0.2) is 5.13 Å². The first kappa shape index (κ1) is 12.8. The molecule has 0 saturated heterocycles. The molecule has 0 fully saturated rings. The fourth-order valence-corrected chi connectivity index (χ4v) is 2.36. The molecule has 2 aromatic rings. The number of nitrogens with zero attached hydrogens (tertiary/aromatic N) is 1. The van der Waals surface area contributed by atoms with Gasteiger partial charge in [0.25, 0.3) is 0 Å². The molecule has 18 heavy (non-hydrogen) atoms. The smallest absolute Gasteiger partial charge is 0.233 e. The molecule has 2 aromatic heterocycles. The zero-order valence-corrected chi connectivity index (χ0v) is 11.5. The van der Waals surface area contributed by atoms with Crippen molar-refractivity contribution in [1.82, 2.24) is 4.98 Å². The largest absolute Gasteiger partial charge is 0.469 e. The Labute approximate surface area is 110 Å². The van der Waals surface area contributed by atoms with Crippen LogP contribution in [0.5, 0.6) is 0 Å². The van der Waals surface area contributed by atoms with Crippen LogP contribution >= 0.6 is 11.3 Å². The van der Waals surface area contributed by atoms with Gasteiger partial charge in [0.2, 0.25) is 5.91 Å². The summed E-state index contributed by atoms with van der Waals surface area (Å²) in [6.45, 7) is 6.28. The van der Waals surface area contributed by atoms with Gasteiger partial charge in [-0.2, -0.15) is 0 Å². The maximum absolute atomic E-state index is 11.7. The molecular weight excluding hydrogens is 248 g/mol. The Morgan fingerprint density at radius 3 is 2.83 bits per heavy atom. The summed E-state index contributed by atoms with van der Waals surface area (Å²) in [6, 6.07) is 3.55. The summed E-state index contributed by atoms with van der Waals surface area (Å²) in [5.41, 5.74) is 0.987. The Kier molecular flexibility index (Phi) is 3.52. The minimum Gasteiger partial charge on any atom is -0.469 e. The first-order valence-electron chi connectivity index (χ1n) is 5.73. The standard InChI is InChI=1S/C13H16N2O2S/c1-13(2,3)10-8-18-12(14-10)15-11(16)7-9-5-4-6-17-9/h4-6,8H,7H2,1-3H3,(H,14,15,16). The second kappa shape index (κ2) is 4.94. The minimum absolute atomic E-state index is 0.000485. The van der Waals surface area contributed by atoms with E-state index in [2.05, 4.69) is 31.1 Å². The maximum atomic E-state index is 11.7. The van der Waals surface area contributed by atoms with Crippen LogP contribution in [0.1, 0.15) is 32.2 Å². The van der Waals surface area contributed by atoms with E-state index in [0.29, 0.717) is 10.9 Å². The van der Waals surface area contributed by atoms with Gasteiger partial charge in [0, 0.05) is 10.8 Å². The van der Waals surface area contributed by atoms with Gasteiger partial charge in [0.05, 0.1) is 18.4 Å². The SMILES string of the molecule is CC(C)(C)c1csc(NC(=O)Cc2ccco2)n1. The van der Waals surface area contributed by atoms with E-state index in [1.54, 1.807) is 18.4 Å². The van der Waals surface area contributed by atoms with Gasteiger partial charge in [-0.05, 0) is 12.1 Å². The summed E-state index contributed by atoms with van der Waals surface area (Å²) < 4.78 is 5.12. The predicted molar refractivity (Wildman–Crippen MR) is 71.9 cm³/mol. The van der Waals surface area contributed by atoms with Gasteiger partial charge >= 0.3 is 0 Å². The van der Waals surface area contributed by atoms with E-state index < -0.39 is 0 Å². The van der Waals surface area contributed by atoms with E-state index in [1.165, 1.54) is 11.3 Å². The monoisotopic (exact) mass is 264 g/mol. The number of aromatic nitrogens is 1. The number of hydrogen-bond donors (Lipinski definition) is 1. The van der Waals surface area contributed by atoms with Crippen molar-refractivity contribution >= 4 is 22.4 Å². The molecule has 0 spiro atoms. The average molecular weight is 264 g/mol. The van der Waals surface area contributed by atoms with E-state index in [-0.39, 0.29) is 17.7 Å². The number of rotatable bonds is 3. The van der Waals surface area contributed by atoms with Crippen molar-refractivity contribution in [3.63, 3.8) is 0 Å². The topological polar surface area (TPSA) is 55.1 Å². The normalized spacial score (nSPS) is 11.5. The molecule has 5 heteroatoms. The lowest BCUT2D eigenvalue weighted by Crippen LogP contribution is -2.15. The molecule has 0 aromatic carbocycles. The number of amides is 1. The van der Waals surface area contributed by atoms with Crippen LogP contribution in [0.3, 0.4) is 0 Å². The summed E-state index contributed by atoms with van der Waals surface area (Å²) >= 11 is 1.44. The Balaban J connectivity index is 1.97. The Morgan fingerprint density at radius 1 is 1.50 bits per heavy atom. The highest BCUT2D eigenvalue weighted by molar-refractivity contribution is 7.13. The van der Waals surface area contributed by atoms with Crippen LogP contribution < -0.4 is 5.32 Å². The van der Waals surface area contributed by atoms with E-state index in [0.717, 1.165) is 5.69 Å². The molecule has 96 valence electrons. The molecule has 0 saturated carbocycles. The number of thiazole rings is 1. The zero-order chi connectivity index (χ0) is 13.2. The molecule has 2 heterocycles. The highest BCUT2D eigenvalue weighted by Gasteiger charge is 2.18. The molecule has 0 aliphatic carbocycles. The molecule has 0 atom stereocenters. The zero-order valence-electron chi connectivity index (χ0n) is 10.7. The molecular formula is C13H16N2O2S. The van der Waals surface area contributed by atoms with Gasteiger partial charge in [0.1, 0.15) is 5.76 Å². The number of carbonyl (C=O) groups is 1. The van der Waals surface area contributed by atoms with Crippen LogP contribution in [0, 0.1) is 0 Å². The lowest BCUT2D eigenvalue weighted by atomic mass is 9.93. The number of nitrogens with one attached hydrogen (secondary N) is 1. The van der Waals surface area contributed by atoms with Crippen LogP contribution in [0.4, 0.5) is 5.13 Å². The van der Waals surface area contributed by atoms with Gasteiger partial charge in [-0.1, -0.05) is 20.8 Å². The second-order valence-electron chi connectivity index (χ2n) is 5.09. The Bertz CT molecular complexity index is 523. The molecule has 1 amide bonds. The van der Waals surface area contributed by atoms with Gasteiger partial charge in [-0.3, -0.25) is 4.79 Å². The number of furan rings is 1. The van der Waals surface area contributed by atoms with Crippen LogP contribution in [0.15, 0.2) is 28.2 Å². The van der Waals surface area contributed by atoms with Gasteiger partial charge in [-0.15, -0.1) is 11.3 Å². The summed E-state index contributed by atoms with van der Waals surface area (Å²) in [4.78, 5) is 16.1. The number of hydrogen-bond acceptors (Lipinski definition) is 4. The van der Waals surface area contributed by atoms with Crippen molar-refractivity contribution in [3.05, 3.63) is 35.2 Å². The Morgan fingerprint density at radius 2 is 2.28 bits per heavy atom. The second-order valence-corrected chi connectivity index (χ2v) is 5.95. The summed E-state index contributed by atoms with van der Waals surface area (Å²) in [5, 5.41) is 5.39. The lowest BCUT2D eigenvalue weighted by molar-refractivity contribution is -0.115. The van der Waals surface area contributed by atoms with Crippen LogP contribution in [-0.4, -0.2) is 10.9 Å². The summed E-state index contributed by atoms with van der Waals surface area (Å²) in [7, 11) is 0. The molecule has 0 unspecified atom stereocenters. The third-order valence-corrected chi connectivity index (χ3v) is 3.19. The van der Waals surface area contributed by atoms with Gasteiger partial charge < -0.3 is 9.73 Å². The van der Waals surface area contributed by atoms with E-state index >= 15 is 0 Å². The molecule has 0 aliphatic heterocycles. The van der Waals surface area contributed by atoms with Gasteiger partial charge in [-0.25, -0.2) is 4.98 Å². The quantitative estimate of drug-likeness (QED) is 0.926.